The van der Waals surface area contributed by atoms with E-state index in [2.05, 4.69) is 29.1 Å². The molecule has 5 nitrogen and oxygen atoms in total. The van der Waals surface area contributed by atoms with Crippen LogP contribution < -0.4 is 5.32 Å². The highest BCUT2D eigenvalue weighted by Gasteiger charge is 2.13. The molecule has 0 saturated heterocycles. The average molecular weight is 256 g/mol. The predicted molar refractivity (Wildman–Crippen MR) is 75.2 cm³/mol. The van der Waals surface area contributed by atoms with E-state index in [1.165, 1.54) is 0 Å². The number of fused-ring (bicyclic) bond motifs is 3. The lowest BCUT2D eigenvalue weighted by atomic mass is 10.3. The highest BCUT2D eigenvalue weighted by molar-refractivity contribution is 5.83. The number of imidazole rings is 1. The van der Waals surface area contributed by atoms with Crippen LogP contribution in [0.3, 0.4) is 0 Å². The standard InChI is InChI=1S/C14H16N4O/c1-9(2)16-13-14-15-7-10(8-19)18(14)12-6-4-3-5-11(12)17-13/h3-7,9,19H,8H2,1-2H3,(H,16,17). The number of aliphatic hydroxyl groups is 1. The van der Waals surface area contributed by atoms with Gasteiger partial charge < -0.3 is 10.4 Å². The van der Waals surface area contributed by atoms with Crippen LogP contribution in [0.1, 0.15) is 19.5 Å². The summed E-state index contributed by atoms with van der Waals surface area (Å²) in [5.74, 6) is 0.744. The van der Waals surface area contributed by atoms with Gasteiger partial charge in [-0.05, 0) is 26.0 Å². The van der Waals surface area contributed by atoms with Gasteiger partial charge in [0.25, 0.3) is 0 Å². The van der Waals surface area contributed by atoms with Gasteiger partial charge in [0.05, 0.1) is 29.5 Å². The number of para-hydroxylation sites is 2. The molecule has 2 N–H and O–H groups in total. The van der Waals surface area contributed by atoms with Crippen molar-refractivity contribution in [3.63, 3.8) is 0 Å². The highest BCUT2D eigenvalue weighted by Crippen LogP contribution is 2.23. The summed E-state index contributed by atoms with van der Waals surface area (Å²) in [5, 5.41) is 12.8. The van der Waals surface area contributed by atoms with E-state index in [-0.39, 0.29) is 12.6 Å². The first kappa shape index (κ1) is 11.9. The Bertz CT molecular complexity index is 733. The van der Waals surface area contributed by atoms with Gasteiger partial charge in [0, 0.05) is 6.04 Å². The molecule has 0 amide bonds. The van der Waals surface area contributed by atoms with Crippen LogP contribution in [0, 0.1) is 0 Å². The lowest BCUT2D eigenvalue weighted by Gasteiger charge is -2.12. The van der Waals surface area contributed by atoms with Crippen molar-refractivity contribution in [2.24, 2.45) is 0 Å². The molecule has 98 valence electrons. The number of benzene rings is 1. The third kappa shape index (κ3) is 1.92. The normalized spacial score (nSPS) is 11.6. The fraction of sp³-hybridized carbons (Fsp3) is 0.286. The minimum atomic E-state index is -0.0453. The Morgan fingerprint density at radius 2 is 2.11 bits per heavy atom. The molecule has 0 bridgehead atoms. The molecule has 19 heavy (non-hydrogen) atoms. The van der Waals surface area contributed by atoms with Gasteiger partial charge >= 0.3 is 0 Å². The zero-order valence-electron chi connectivity index (χ0n) is 11.0. The minimum absolute atomic E-state index is 0.0453. The van der Waals surface area contributed by atoms with Crippen LogP contribution in [0.2, 0.25) is 0 Å². The zero-order valence-corrected chi connectivity index (χ0v) is 11.0. The van der Waals surface area contributed by atoms with Gasteiger partial charge in [0.15, 0.2) is 11.5 Å². The molecule has 0 spiro atoms. The Morgan fingerprint density at radius 1 is 1.32 bits per heavy atom. The molecule has 0 aliphatic carbocycles. The van der Waals surface area contributed by atoms with E-state index in [0.29, 0.717) is 0 Å². The van der Waals surface area contributed by atoms with Crippen molar-refractivity contribution in [3.8, 4) is 0 Å². The molecule has 0 aliphatic rings. The van der Waals surface area contributed by atoms with E-state index in [1.807, 2.05) is 28.7 Å². The average Bonchev–Trinajstić information content (AvgIpc) is 2.82. The van der Waals surface area contributed by atoms with Gasteiger partial charge in [0.2, 0.25) is 0 Å². The molecular weight excluding hydrogens is 240 g/mol. The first-order valence-electron chi connectivity index (χ1n) is 6.33. The summed E-state index contributed by atoms with van der Waals surface area (Å²) in [6.45, 7) is 4.07. The maximum Gasteiger partial charge on any atom is 0.180 e. The van der Waals surface area contributed by atoms with Crippen LogP contribution in [0.5, 0.6) is 0 Å². The van der Waals surface area contributed by atoms with Gasteiger partial charge in [-0.2, -0.15) is 0 Å². The van der Waals surface area contributed by atoms with Crippen LogP contribution >= 0.6 is 0 Å². The number of aromatic nitrogens is 3. The molecule has 0 unspecified atom stereocenters. The lowest BCUT2D eigenvalue weighted by molar-refractivity contribution is 0.276. The zero-order chi connectivity index (χ0) is 13.4. The van der Waals surface area contributed by atoms with E-state index < -0.39 is 0 Å². The van der Waals surface area contributed by atoms with Crippen LogP contribution in [0.25, 0.3) is 16.7 Å². The predicted octanol–water partition coefficient (Wildman–Crippen LogP) is 2.20. The molecule has 0 fully saturated rings. The molecule has 0 radical (unpaired) electrons. The number of aliphatic hydroxyl groups excluding tert-OH is 1. The van der Waals surface area contributed by atoms with Crippen LogP contribution in [0.15, 0.2) is 30.5 Å². The van der Waals surface area contributed by atoms with Crippen molar-refractivity contribution in [2.75, 3.05) is 5.32 Å². The first-order valence-corrected chi connectivity index (χ1v) is 6.33. The topological polar surface area (TPSA) is 62.5 Å². The number of hydrogen-bond acceptors (Lipinski definition) is 4. The molecule has 2 aromatic heterocycles. The third-order valence-electron chi connectivity index (χ3n) is 2.99. The van der Waals surface area contributed by atoms with E-state index >= 15 is 0 Å². The molecule has 3 rings (SSSR count). The van der Waals surface area contributed by atoms with Gasteiger partial charge in [0.1, 0.15) is 0 Å². The number of nitrogens with one attached hydrogen (secondary N) is 1. The molecule has 0 saturated carbocycles. The summed E-state index contributed by atoms with van der Waals surface area (Å²) in [6, 6.07) is 8.12. The van der Waals surface area contributed by atoms with Crippen molar-refractivity contribution in [2.45, 2.75) is 26.5 Å². The SMILES string of the molecule is CC(C)Nc1nc2ccccc2n2c(CO)cnc12. The van der Waals surface area contributed by atoms with Crippen LogP contribution in [-0.2, 0) is 6.61 Å². The Morgan fingerprint density at radius 3 is 2.84 bits per heavy atom. The fourth-order valence-corrected chi connectivity index (χ4v) is 2.22. The Kier molecular flexibility index (Phi) is 2.83. The smallest absolute Gasteiger partial charge is 0.180 e. The summed E-state index contributed by atoms with van der Waals surface area (Å²) < 4.78 is 1.95. The van der Waals surface area contributed by atoms with Crippen LogP contribution in [-0.4, -0.2) is 25.5 Å². The largest absolute Gasteiger partial charge is 0.390 e. The van der Waals surface area contributed by atoms with Gasteiger partial charge in [-0.15, -0.1) is 0 Å². The number of hydrogen-bond donors (Lipinski definition) is 2. The van der Waals surface area contributed by atoms with Gasteiger partial charge in [-0.25, -0.2) is 9.97 Å². The van der Waals surface area contributed by atoms with E-state index in [1.54, 1.807) is 6.20 Å². The minimum Gasteiger partial charge on any atom is -0.390 e. The maximum atomic E-state index is 9.46. The molecule has 3 aromatic rings. The second-order valence-electron chi connectivity index (χ2n) is 4.81. The van der Waals surface area contributed by atoms with Gasteiger partial charge in [-0.3, -0.25) is 4.40 Å². The van der Waals surface area contributed by atoms with Crippen molar-refractivity contribution in [1.29, 1.82) is 0 Å². The van der Waals surface area contributed by atoms with E-state index in [9.17, 15) is 5.11 Å². The molecule has 2 heterocycles. The van der Waals surface area contributed by atoms with Crippen molar-refractivity contribution in [1.82, 2.24) is 14.4 Å². The monoisotopic (exact) mass is 256 g/mol. The summed E-state index contributed by atoms with van der Waals surface area (Å²) in [5.41, 5.74) is 3.34. The lowest BCUT2D eigenvalue weighted by Crippen LogP contribution is -2.13. The summed E-state index contributed by atoms with van der Waals surface area (Å²) in [4.78, 5) is 8.99. The first-order chi connectivity index (χ1) is 9.20. The van der Waals surface area contributed by atoms with Gasteiger partial charge in [-0.1, -0.05) is 12.1 Å². The Hall–Kier alpha value is -2.14. The van der Waals surface area contributed by atoms with Crippen LogP contribution in [0.4, 0.5) is 5.82 Å². The molecule has 0 atom stereocenters. The number of rotatable bonds is 3. The van der Waals surface area contributed by atoms with E-state index in [4.69, 9.17) is 0 Å². The Labute approximate surface area is 110 Å². The molecule has 5 heteroatoms. The summed E-state index contributed by atoms with van der Waals surface area (Å²) >= 11 is 0. The third-order valence-corrected chi connectivity index (χ3v) is 2.99. The number of nitrogens with zero attached hydrogens (tertiary/aromatic N) is 3. The quantitative estimate of drug-likeness (QED) is 0.754. The molecular formula is C14H16N4O. The second-order valence-corrected chi connectivity index (χ2v) is 4.81. The number of anilines is 1. The summed E-state index contributed by atoms with van der Waals surface area (Å²) in [7, 11) is 0. The Balaban J connectivity index is 2.39. The summed E-state index contributed by atoms with van der Waals surface area (Å²) in [6.07, 6.45) is 1.69. The van der Waals surface area contributed by atoms with Crippen molar-refractivity contribution >= 4 is 22.5 Å². The second kappa shape index (κ2) is 4.51. The molecule has 0 aliphatic heterocycles. The van der Waals surface area contributed by atoms with Crippen molar-refractivity contribution in [3.05, 3.63) is 36.2 Å². The molecule has 1 aromatic carbocycles. The van der Waals surface area contributed by atoms with E-state index in [0.717, 1.165) is 28.2 Å². The fourth-order valence-electron chi connectivity index (χ4n) is 2.22. The van der Waals surface area contributed by atoms with Crippen molar-refractivity contribution < 1.29 is 5.11 Å². The maximum absolute atomic E-state index is 9.46. The highest BCUT2D eigenvalue weighted by atomic mass is 16.3.